The maximum Gasteiger partial charge on any atom is 0.416 e. The normalized spacial score (nSPS) is 16.7. The quantitative estimate of drug-likeness (QED) is 0.203. The average molecular weight is 607 g/mol. The summed E-state index contributed by atoms with van der Waals surface area (Å²) in [6.07, 6.45) is -2.30. The lowest BCUT2D eigenvalue weighted by atomic mass is 9.80. The number of halogens is 4. The summed E-state index contributed by atoms with van der Waals surface area (Å²) >= 11 is 0. The summed E-state index contributed by atoms with van der Waals surface area (Å²) in [6.45, 7) is 1.86. The van der Waals surface area contributed by atoms with Crippen molar-refractivity contribution < 1.29 is 37.1 Å². The van der Waals surface area contributed by atoms with Crippen LogP contribution in [-0.4, -0.2) is 45.3 Å². The van der Waals surface area contributed by atoms with Gasteiger partial charge < -0.3 is 10.4 Å². The second kappa shape index (κ2) is 12.2. The summed E-state index contributed by atoms with van der Waals surface area (Å²) in [7, 11) is 0. The van der Waals surface area contributed by atoms with Crippen molar-refractivity contribution in [3.63, 3.8) is 0 Å². The van der Waals surface area contributed by atoms with Gasteiger partial charge in [0.2, 0.25) is 0 Å². The van der Waals surface area contributed by atoms with Gasteiger partial charge in [-0.05, 0) is 55.0 Å². The predicted octanol–water partition coefficient (Wildman–Crippen LogP) is 5.51. The van der Waals surface area contributed by atoms with Crippen LogP contribution in [0.4, 0.5) is 23.4 Å². The van der Waals surface area contributed by atoms with E-state index in [2.05, 4.69) is 5.32 Å². The van der Waals surface area contributed by atoms with Crippen molar-refractivity contribution in [2.75, 3.05) is 11.4 Å². The Bertz CT molecular complexity index is 1730. The van der Waals surface area contributed by atoms with Gasteiger partial charge in [-0.3, -0.25) is 14.5 Å². The van der Waals surface area contributed by atoms with Crippen LogP contribution in [0.5, 0.6) is 0 Å². The highest BCUT2D eigenvalue weighted by Gasteiger charge is 2.46. The van der Waals surface area contributed by atoms with E-state index >= 15 is 0 Å². The monoisotopic (exact) mass is 606 g/mol. The number of fused-ring (bicyclic) bond motifs is 1. The molecule has 44 heavy (non-hydrogen) atoms. The molecule has 0 spiro atoms. The second-order valence-electron chi connectivity index (χ2n) is 10.0. The van der Waals surface area contributed by atoms with Crippen LogP contribution in [-0.2, 0) is 22.2 Å². The van der Waals surface area contributed by atoms with E-state index in [1.807, 2.05) is 0 Å². The minimum absolute atomic E-state index is 0.0339. The first-order chi connectivity index (χ1) is 21.0. The van der Waals surface area contributed by atoms with E-state index in [4.69, 9.17) is 5.10 Å². The molecule has 0 bridgehead atoms. The summed E-state index contributed by atoms with van der Waals surface area (Å²) in [5, 5.41) is 16.6. The second-order valence-corrected chi connectivity index (χ2v) is 10.0. The molecule has 5 rings (SSSR count). The zero-order valence-corrected chi connectivity index (χ0v) is 23.3. The van der Waals surface area contributed by atoms with Crippen LogP contribution in [0.1, 0.15) is 45.6 Å². The van der Waals surface area contributed by atoms with Crippen LogP contribution in [0.2, 0.25) is 0 Å². The van der Waals surface area contributed by atoms with Crippen LogP contribution in [0, 0.1) is 5.82 Å². The lowest BCUT2D eigenvalue weighted by Gasteiger charge is -2.38. The van der Waals surface area contributed by atoms with Gasteiger partial charge in [0.25, 0.3) is 11.8 Å². The number of para-hydroxylation sites is 1. The number of benzene rings is 3. The third-order valence-electron chi connectivity index (χ3n) is 7.26. The Balaban J connectivity index is 1.70. The zero-order chi connectivity index (χ0) is 31.6. The van der Waals surface area contributed by atoms with Crippen molar-refractivity contribution in [3.8, 4) is 5.69 Å². The number of rotatable bonds is 8. The van der Waals surface area contributed by atoms with E-state index in [-0.39, 0.29) is 18.5 Å². The number of aromatic nitrogens is 2. The topological polar surface area (TPSA) is 105 Å². The number of hydrogen-bond acceptors (Lipinski definition) is 4. The fraction of sp³-hybridized carbons (Fsp3) is 0.188. The number of carboxylic acid groups (broad SMARTS) is 1. The van der Waals surface area contributed by atoms with Crippen molar-refractivity contribution >= 4 is 23.6 Å². The van der Waals surface area contributed by atoms with Crippen LogP contribution in [0.25, 0.3) is 5.69 Å². The number of aliphatic carboxylic acids is 1. The Morgan fingerprint density at radius 3 is 2.36 bits per heavy atom. The minimum Gasteiger partial charge on any atom is -0.478 e. The zero-order valence-electron chi connectivity index (χ0n) is 23.3. The molecule has 2 atom stereocenters. The van der Waals surface area contributed by atoms with Gasteiger partial charge in [0, 0.05) is 36.1 Å². The van der Waals surface area contributed by atoms with E-state index in [1.165, 1.54) is 41.3 Å². The molecule has 0 aliphatic carbocycles. The molecule has 3 aromatic carbocycles. The van der Waals surface area contributed by atoms with Gasteiger partial charge >= 0.3 is 12.1 Å². The molecule has 0 saturated carbocycles. The highest BCUT2D eigenvalue weighted by Crippen LogP contribution is 2.44. The Hall–Kier alpha value is -5.26. The largest absolute Gasteiger partial charge is 0.478 e. The standard InChI is InChI=1S/C32H26F4N4O4/c1-2-39-30-27(24(12-7-13-25(41)42)38-40(30)23-10-4-3-5-11-23)26(19-14-16-22(33)17-15-19)28(31(39)44)37-29(43)20-8-6-9-21(18-20)32(34,35)36/h3-11,13-18,26,28H,2,12H2,1H3,(H,37,43)(H,41,42)/b13-7+/t26-,28-/m1/s1. The number of carbonyl (C=O) groups excluding carboxylic acids is 2. The summed E-state index contributed by atoms with van der Waals surface area (Å²) in [5.74, 6) is -3.76. The molecule has 1 aliphatic rings. The lowest BCUT2D eigenvalue weighted by Crippen LogP contribution is -2.55. The smallest absolute Gasteiger partial charge is 0.416 e. The first-order valence-electron chi connectivity index (χ1n) is 13.6. The maximum atomic E-state index is 14.2. The van der Waals surface area contributed by atoms with E-state index in [1.54, 1.807) is 41.9 Å². The SMILES string of the molecule is CCN1C(=O)[C@H](NC(=O)c2cccc(C(F)(F)F)c2)[C@H](c2ccc(F)cc2)c2c(C/C=C/C(=O)O)nn(-c3ccccc3)c21. The number of carbonyl (C=O) groups is 3. The molecule has 0 unspecified atom stereocenters. The highest BCUT2D eigenvalue weighted by molar-refractivity contribution is 6.05. The first kappa shape index (κ1) is 30.2. The number of carboxylic acids is 1. The molecule has 0 saturated heterocycles. The van der Waals surface area contributed by atoms with Crippen molar-refractivity contribution in [1.29, 1.82) is 0 Å². The number of amides is 2. The van der Waals surface area contributed by atoms with Crippen molar-refractivity contribution in [3.05, 3.63) is 125 Å². The van der Waals surface area contributed by atoms with E-state index in [0.717, 1.165) is 18.2 Å². The Morgan fingerprint density at radius 1 is 1.02 bits per heavy atom. The number of nitrogens with zero attached hydrogens (tertiary/aromatic N) is 3. The summed E-state index contributed by atoms with van der Waals surface area (Å²) in [4.78, 5) is 40.3. The van der Waals surface area contributed by atoms with Gasteiger partial charge in [-0.2, -0.15) is 18.3 Å². The van der Waals surface area contributed by atoms with Crippen LogP contribution >= 0.6 is 0 Å². The number of nitrogens with one attached hydrogen (secondary N) is 1. The Labute approximate surface area is 249 Å². The Morgan fingerprint density at radius 2 is 1.73 bits per heavy atom. The molecule has 2 heterocycles. The molecular weight excluding hydrogens is 580 g/mol. The molecule has 0 radical (unpaired) electrons. The van der Waals surface area contributed by atoms with Gasteiger partial charge in [-0.1, -0.05) is 42.5 Å². The molecule has 226 valence electrons. The number of allylic oxidation sites excluding steroid dienone is 1. The van der Waals surface area contributed by atoms with Crippen molar-refractivity contribution in [2.45, 2.75) is 31.5 Å². The highest BCUT2D eigenvalue weighted by atomic mass is 19.4. The van der Waals surface area contributed by atoms with E-state index in [0.29, 0.717) is 34.4 Å². The van der Waals surface area contributed by atoms with Crippen LogP contribution in [0.15, 0.2) is 91.0 Å². The average Bonchev–Trinajstić information content (AvgIpc) is 3.36. The van der Waals surface area contributed by atoms with Gasteiger partial charge in [0.05, 0.1) is 16.9 Å². The molecule has 1 aliphatic heterocycles. The molecule has 4 aromatic rings. The number of alkyl halides is 3. The fourth-order valence-corrected chi connectivity index (χ4v) is 5.34. The minimum atomic E-state index is -4.69. The molecular formula is C32H26F4N4O4. The first-order valence-corrected chi connectivity index (χ1v) is 13.6. The molecule has 8 nitrogen and oxygen atoms in total. The Kier molecular flexibility index (Phi) is 8.34. The molecule has 12 heteroatoms. The predicted molar refractivity (Wildman–Crippen MR) is 153 cm³/mol. The number of likely N-dealkylation sites (N-methyl/N-ethyl adjacent to an activating group) is 1. The summed E-state index contributed by atoms with van der Waals surface area (Å²) in [5.41, 5.74) is 0.578. The van der Waals surface area contributed by atoms with Gasteiger partial charge in [-0.25, -0.2) is 13.9 Å². The number of hydrogen-bond donors (Lipinski definition) is 2. The lowest BCUT2D eigenvalue weighted by molar-refractivity contribution is -0.137. The maximum absolute atomic E-state index is 14.2. The molecule has 1 aromatic heterocycles. The van der Waals surface area contributed by atoms with Crippen LogP contribution < -0.4 is 10.2 Å². The van der Waals surface area contributed by atoms with Crippen LogP contribution in [0.3, 0.4) is 0 Å². The van der Waals surface area contributed by atoms with Gasteiger partial charge in [0.15, 0.2) is 0 Å². The van der Waals surface area contributed by atoms with Gasteiger partial charge in [-0.15, -0.1) is 0 Å². The molecule has 0 fully saturated rings. The third-order valence-corrected chi connectivity index (χ3v) is 7.26. The molecule has 2 amide bonds. The van der Waals surface area contributed by atoms with E-state index in [9.17, 15) is 37.1 Å². The van der Waals surface area contributed by atoms with Gasteiger partial charge in [0.1, 0.15) is 17.7 Å². The van der Waals surface area contributed by atoms with E-state index < -0.39 is 47.3 Å². The van der Waals surface area contributed by atoms with Crippen molar-refractivity contribution in [2.24, 2.45) is 0 Å². The summed E-state index contributed by atoms with van der Waals surface area (Å²) < 4.78 is 55.8. The molecule has 2 N–H and O–H groups in total. The van der Waals surface area contributed by atoms with Crippen molar-refractivity contribution in [1.82, 2.24) is 15.1 Å². The summed E-state index contributed by atoms with van der Waals surface area (Å²) in [6, 6.07) is 16.8. The fourth-order valence-electron chi connectivity index (χ4n) is 5.34. The third kappa shape index (κ3) is 5.96. The number of anilines is 1.